The molecule has 2 heterocycles. The second-order valence-corrected chi connectivity index (χ2v) is 5.98. The second kappa shape index (κ2) is 6.67. The van der Waals surface area contributed by atoms with Gasteiger partial charge in [-0.05, 0) is 64.7 Å². The van der Waals surface area contributed by atoms with Crippen LogP contribution in [0.15, 0.2) is 0 Å². The van der Waals surface area contributed by atoms with E-state index >= 15 is 0 Å². The van der Waals surface area contributed by atoms with E-state index in [0.29, 0.717) is 12.2 Å². The molecule has 0 aromatic carbocycles. The highest BCUT2D eigenvalue weighted by molar-refractivity contribution is 5.83. The Labute approximate surface area is 112 Å². The number of nitrogens with zero attached hydrogens (tertiary/aromatic N) is 2. The molecular formula is C15H28N2O. The van der Waals surface area contributed by atoms with Crippen LogP contribution in [0.25, 0.3) is 0 Å². The van der Waals surface area contributed by atoms with E-state index in [1.165, 1.54) is 45.3 Å². The van der Waals surface area contributed by atoms with E-state index in [0.717, 1.165) is 19.0 Å². The predicted molar refractivity (Wildman–Crippen MR) is 74.7 cm³/mol. The molecule has 0 aromatic rings. The van der Waals surface area contributed by atoms with Crippen molar-refractivity contribution in [1.29, 1.82) is 0 Å². The van der Waals surface area contributed by atoms with Gasteiger partial charge in [-0.3, -0.25) is 9.69 Å². The summed E-state index contributed by atoms with van der Waals surface area (Å²) in [5.74, 6) is 1.26. The summed E-state index contributed by atoms with van der Waals surface area (Å²) in [7, 11) is 0. The molecule has 0 saturated carbocycles. The number of piperidine rings is 1. The van der Waals surface area contributed by atoms with Crippen LogP contribution in [0.3, 0.4) is 0 Å². The molecule has 3 heteroatoms. The van der Waals surface area contributed by atoms with Crippen molar-refractivity contribution >= 4 is 5.78 Å². The standard InChI is InChI=1S/C15H28N2O/c1-3-15(18)13(2)17-10-6-14(7-11-17)12-16-8-4-5-9-16/h13-14H,3-12H2,1-2H3. The molecule has 3 nitrogen and oxygen atoms in total. The van der Waals surface area contributed by atoms with Crippen LogP contribution in [-0.2, 0) is 4.79 Å². The van der Waals surface area contributed by atoms with Gasteiger partial charge in [0.1, 0.15) is 5.78 Å². The number of carbonyl (C=O) groups is 1. The zero-order valence-electron chi connectivity index (χ0n) is 12.0. The zero-order chi connectivity index (χ0) is 13.0. The summed E-state index contributed by atoms with van der Waals surface area (Å²) in [5, 5.41) is 0. The van der Waals surface area contributed by atoms with E-state index < -0.39 is 0 Å². The summed E-state index contributed by atoms with van der Waals surface area (Å²) < 4.78 is 0. The van der Waals surface area contributed by atoms with Gasteiger partial charge in [-0.15, -0.1) is 0 Å². The minimum absolute atomic E-state index is 0.141. The lowest BCUT2D eigenvalue weighted by atomic mass is 9.94. The second-order valence-electron chi connectivity index (χ2n) is 5.98. The molecule has 0 N–H and O–H groups in total. The van der Waals surface area contributed by atoms with Crippen LogP contribution in [-0.4, -0.2) is 54.3 Å². The van der Waals surface area contributed by atoms with Crippen molar-refractivity contribution in [1.82, 2.24) is 9.80 Å². The average Bonchev–Trinajstić information content (AvgIpc) is 2.91. The summed E-state index contributed by atoms with van der Waals surface area (Å²) in [6.45, 7) is 10.2. The molecule has 2 aliphatic heterocycles. The molecular weight excluding hydrogens is 224 g/mol. The summed E-state index contributed by atoms with van der Waals surface area (Å²) in [6.07, 6.45) is 6.01. The molecule has 0 aliphatic carbocycles. The van der Waals surface area contributed by atoms with E-state index in [1.807, 2.05) is 6.92 Å². The lowest BCUT2D eigenvalue weighted by Crippen LogP contribution is -2.45. The van der Waals surface area contributed by atoms with Gasteiger partial charge in [0.2, 0.25) is 0 Å². The smallest absolute Gasteiger partial charge is 0.149 e. The summed E-state index contributed by atoms with van der Waals surface area (Å²) in [6, 6.07) is 0.141. The molecule has 0 radical (unpaired) electrons. The normalized spacial score (nSPS) is 25.4. The first-order valence-corrected chi connectivity index (χ1v) is 7.69. The minimum atomic E-state index is 0.141. The maximum absolute atomic E-state index is 11.7. The average molecular weight is 252 g/mol. The summed E-state index contributed by atoms with van der Waals surface area (Å²) in [5.41, 5.74) is 0. The molecule has 18 heavy (non-hydrogen) atoms. The van der Waals surface area contributed by atoms with Gasteiger partial charge in [-0.1, -0.05) is 6.92 Å². The number of likely N-dealkylation sites (tertiary alicyclic amines) is 2. The lowest BCUT2D eigenvalue weighted by Gasteiger charge is -2.36. The van der Waals surface area contributed by atoms with Crippen LogP contribution < -0.4 is 0 Å². The maximum Gasteiger partial charge on any atom is 0.149 e. The Morgan fingerprint density at radius 2 is 1.78 bits per heavy atom. The molecule has 0 aromatic heterocycles. The molecule has 2 aliphatic rings. The third kappa shape index (κ3) is 3.55. The fourth-order valence-corrected chi connectivity index (χ4v) is 3.35. The van der Waals surface area contributed by atoms with Crippen LogP contribution in [0.1, 0.15) is 46.0 Å². The number of carbonyl (C=O) groups excluding carboxylic acids is 1. The molecule has 0 spiro atoms. The van der Waals surface area contributed by atoms with E-state index in [-0.39, 0.29) is 6.04 Å². The summed E-state index contributed by atoms with van der Waals surface area (Å²) >= 11 is 0. The van der Waals surface area contributed by atoms with E-state index in [1.54, 1.807) is 0 Å². The molecule has 0 bridgehead atoms. The van der Waals surface area contributed by atoms with Crippen LogP contribution in [0.2, 0.25) is 0 Å². The largest absolute Gasteiger partial charge is 0.303 e. The maximum atomic E-state index is 11.7. The SMILES string of the molecule is CCC(=O)C(C)N1CCC(CN2CCCC2)CC1. The van der Waals surface area contributed by atoms with Crippen molar-refractivity contribution in [3.63, 3.8) is 0 Å². The first-order chi connectivity index (χ1) is 8.70. The Bertz CT molecular complexity index is 266. The molecule has 2 rings (SSSR count). The number of hydrogen-bond donors (Lipinski definition) is 0. The molecule has 2 fully saturated rings. The molecule has 2 saturated heterocycles. The van der Waals surface area contributed by atoms with Crippen LogP contribution in [0.4, 0.5) is 0 Å². The lowest BCUT2D eigenvalue weighted by molar-refractivity contribution is -0.124. The Balaban J connectivity index is 1.72. The third-order valence-electron chi connectivity index (χ3n) is 4.73. The van der Waals surface area contributed by atoms with Crippen LogP contribution in [0.5, 0.6) is 0 Å². The highest BCUT2D eigenvalue weighted by Gasteiger charge is 2.27. The number of rotatable bonds is 5. The molecule has 1 atom stereocenters. The predicted octanol–water partition coefficient (Wildman–Crippen LogP) is 2.16. The number of hydrogen-bond acceptors (Lipinski definition) is 3. The van der Waals surface area contributed by atoms with Gasteiger partial charge in [0, 0.05) is 13.0 Å². The van der Waals surface area contributed by atoms with Crippen molar-refractivity contribution in [3.8, 4) is 0 Å². The number of Topliss-reactive ketones (excluding diaryl/α,β-unsaturated/α-hetero) is 1. The number of ketones is 1. The fraction of sp³-hybridized carbons (Fsp3) is 0.933. The zero-order valence-corrected chi connectivity index (χ0v) is 12.0. The van der Waals surface area contributed by atoms with E-state index in [2.05, 4.69) is 16.7 Å². The molecule has 1 unspecified atom stereocenters. The van der Waals surface area contributed by atoms with Crippen molar-refractivity contribution in [2.24, 2.45) is 5.92 Å². The van der Waals surface area contributed by atoms with Gasteiger partial charge in [0.05, 0.1) is 6.04 Å². The van der Waals surface area contributed by atoms with E-state index in [9.17, 15) is 4.79 Å². The van der Waals surface area contributed by atoms with Gasteiger partial charge < -0.3 is 4.90 Å². The quantitative estimate of drug-likeness (QED) is 0.749. The topological polar surface area (TPSA) is 23.6 Å². The van der Waals surface area contributed by atoms with Crippen LogP contribution >= 0.6 is 0 Å². The first kappa shape index (κ1) is 14.0. The van der Waals surface area contributed by atoms with Crippen molar-refractivity contribution < 1.29 is 4.79 Å². The Morgan fingerprint density at radius 3 is 2.33 bits per heavy atom. The molecule has 0 amide bonds. The van der Waals surface area contributed by atoms with Crippen molar-refractivity contribution in [2.75, 3.05) is 32.7 Å². The van der Waals surface area contributed by atoms with E-state index in [4.69, 9.17) is 0 Å². The van der Waals surface area contributed by atoms with Gasteiger partial charge in [0.15, 0.2) is 0 Å². The highest BCUT2D eigenvalue weighted by atomic mass is 16.1. The van der Waals surface area contributed by atoms with Gasteiger partial charge in [0.25, 0.3) is 0 Å². The fourth-order valence-electron chi connectivity index (χ4n) is 3.35. The Morgan fingerprint density at radius 1 is 1.17 bits per heavy atom. The van der Waals surface area contributed by atoms with Crippen LogP contribution in [0, 0.1) is 5.92 Å². The minimum Gasteiger partial charge on any atom is -0.303 e. The van der Waals surface area contributed by atoms with Gasteiger partial charge in [-0.25, -0.2) is 0 Å². The third-order valence-corrected chi connectivity index (χ3v) is 4.73. The summed E-state index contributed by atoms with van der Waals surface area (Å²) in [4.78, 5) is 16.7. The monoisotopic (exact) mass is 252 g/mol. The Kier molecular flexibility index (Phi) is 5.19. The highest BCUT2D eigenvalue weighted by Crippen LogP contribution is 2.22. The van der Waals surface area contributed by atoms with Gasteiger partial charge >= 0.3 is 0 Å². The van der Waals surface area contributed by atoms with Crippen molar-refractivity contribution in [3.05, 3.63) is 0 Å². The molecule has 104 valence electrons. The first-order valence-electron chi connectivity index (χ1n) is 7.69. The Hall–Kier alpha value is -0.410. The van der Waals surface area contributed by atoms with Crippen molar-refractivity contribution in [2.45, 2.75) is 52.0 Å². The van der Waals surface area contributed by atoms with Gasteiger partial charge in [-0.2, -0.15) is 0 Å².